The van der Waals surface area contributed by atoms with E-state index in [-0.39, 0.29) is 5.78 Å². The smallest absolute Gasteiger partial charge is 0.159 e. The van der Waals surface area contributed by atoms with Crippen LogP contribution in [0.15, 0.2) is 18.2 Å². The lowest BCUT2D eigenvalue weighted by Gasteiger charge is -2.05. The Hall–Kier alpha value is -1.25. The summed E-state index contributed by atoms with van der Waals surface area (Å²) in [7, 11) is 7.13. The van der Waals surface area contributed by atoms with Crippen LogP contribution in [-0.4, -0.2) is 20.7 Å². The number of benzene rings is 1. The maximum Gasteiger partial charge on any atom is 0.159 e. The third-order valence-electron chi connectivity index (χ3n) is 1.64. The first-order valence-electron chi connectivity index (χ1n) is 3.59. The summed E-state index contributed by atoms with van der Waals surface area (Å²) in [5.41, 5.74) is 1.10. The van der Waals surface area contributed by atoms with Crippen LogP contribution >= 0.6 is 0 Å². The summed E-state index contributed by atoms with van der Waals surface area (Å²) in [6.07, 6.45) is 0. The number of carbonyl (C=O) groups is 1. The van der Waals surface area contributed by atoms with Crippen molar-refractivity contribution < 1.29 is 9.53 Å². The van der Waals surface area contributed by atoms with Gasteiger partial charge in [0.1, 0.15) is 13.6 Å². The summed E-state index contributed by atoms with van der Waals surface area (Å²) in [5.74, 6) is 0.601. The van der Waals surface area contributed by atoms with Crippen molar-refractivity contribution in [2.75, 3.05) is 7.11 Å². The summed E-state index contributed by atoms with van der Waals surface area (Å²) in [6, 6.07) is 4.99. The van der Waals surface area contributed by atoms with Crippen LogP contribution in [0.1, 0.15) is 17.3 Å². The molecule has 0 N–H and O–H groups in total. The van der Waals surface area contributed by atoms with Crippen molar-refractivity contribution in [3.63, 3.8) is 0 Å². The fourth-order valence-electron chi connectivity index (χ4n) is 0.953. The van der Waals surface area contributed by atoms with Gasteiger partial charge in [-0.1, -0.05) is 11.5 Å². The molecule has 0 unspecified atom stereocenters. The van der Waals surface area contributed by atoms with E-state index in [4.69, 9.17) is 12.6 Å². The topological polar surface area (TPSA) is 26.3 Å². The zero-order chi connectivity index (χ0) is 9.14. The zero-order valence-electron chi connectivity index (χ0n) is 7.13. The van der Waals surface area contributed by atoms with Crippen molar-refractivity contribution in [2.45, 2.75) is 6.92 Å². The van der Waals surface area contributed by atoms with Crippen LogP contribution in [-0.2, 0) is 0 Å². The third kappa shape index (κ3) is 1.67. The quantitative estimate of drug-likeness (QED) is 0.470. The Morgan fingerprint density at radius 2 is 2.17 bits per heavy atom. The molecule has 0 aliphatic carbocycles. The maximum absolute atomic E-state index is 10.9. The third-order valence-corrected chi connectivity index (χ3v) is 1.64. The summed E-state index contributed by atoms with van der Waals surface area (Å²) in [6.45, 7) is 1.50. The minimum Gasteiger partial charge on any atom is -0.497 e. The molecule has 0 spiro atoms. The molecule has 1 aromatic carbocycles. The SMILES string of the molecule is [B]c1cc(C(C)=O)ccc1OC. The molecule has 0 atom stereocenters. The molecule has 60 valence electrons. The molecule has 3 heteroatoms. The second-order valence-electron chi connectivity index (χ2n) is 2.51. The van der Waals surface area contributed by atoms with Gasteiger partial charge in [0, 0.05) is 5.56 Å². The van der Waals surface area contributed by atoms with Gasteiger partial charge in [0.15, 0.2) is 5.78 Å². The highest BCUT2D eigenvalue weighted by Gasteiger charge is 2.01. The molecule has 1 aromatic rings. The Kier molecular flexibility index (Phi) is 2.53. The van der Waals surface area contributed by atoms with Gasteiger partial charge in [-0.05, 0) is 19.1 Å². The molecule has 0 heterocycles. The zero-order valence-corrected chi connectivity index (χ0v) is 7.13. The summed E-state index contributed by atoms with van der Waals surface area (Å²) >= 11 is 0. The van der Waals surface area contributed by atoms with Gasteiger partial charge in [-0.2, -0.15) is 0 Å². The molecular formula is C9H9BO2. The first-order chi connectivity index (χ1) is 5.65. The number of hydrogen-bond donors (Lipinski definition) is 0. The van der Waals surface area contributed by atoms with Crippen LogP contribution in [0, 0.1) is 0 Å². The average molecular weight is 160 g/mol. The van der Waals surface area contributed by atoms with E-state index in [1.54, 1.807) is 25.3 Å². The molecule has 0 fully saturated rings. The summed E-state index contributed by atoms with van der Waals surface area (Å²) in [4.78, 5) is 10.9. The first kappa shape index (κ1) is 8.85. The van der Waals surface area contributed by atoms with E-state index >= 15 is 0 Å². The van der Waals surface area contributed by atoms with Gasteiger partial charge in [-0.3, -0.25) is 4.79 Å². The van der Waals surface area contributed by atoms with Crippen LogP contribution in [0.2, 0.25) is 0 Å². The molecule has 0 aromatic heterocycles. The van der Waals surface area contributed by atoms with E-state index in [9.17, 15) is 4.79 Å². The predicted molar refractivity (Wildman–Crippen MR) is 48.4 cm³/mol. The molecule has 1 rings (SSSR count). The molecule has 2 radical (unpaired) electrons. The van der Waals surface area contributed by atoms with Gasteiger partial charge in [0.2, 0.25) is 0 Å². The molecule has 0 aliphatic heterocycles. The Morgan fingerprint density at radius 3 is 2.58 bits per heavy atom. The lowest BCUT2D eigenvalue weighted by atomic mass is 9.92. The average Bonchev–Trinajstić information content (AvgIpc) is 2.04. The van der Waals surface area contributed by atoms with E-state index in [1.807, 2.05) is 0 Å². The molecule has 0 saturated carbocycles. The first-order valence-corrected chi connectivity index (χ1v) is 3.59. The Balaban J connectivity index is 3.10. The predicted octanol–water partition coefficient (Wildman–Crippen LogP) is 0.692. The van der Waals surface area contributed by atoms with Gasteiger partial charge in [-0.15, -0.1) is 0 Å². The molecule has 0 saturated heterocycles. The van der Waals surface area contributed by atoms with E-state index in [0.29, 0.717) is 16.8 Å². The number of carbonyl (C=O) groups excluding carboxylic acids is 1. The van der Waals surface area contributed by atoms with E-state index in [2.05, 4.69) is 0 Å². The minimum atomic E-state index is 0.00403. The Morgan fingerprint density at radius 1 is 1.50 bits per heavy atom. The van der Waals surface area contributed by atoms with Crippen molar-refractivity contribution in [3.05, 3.63) is 23.8 Å². The number of methoxy groups -OCH3 is 1. The summed E-state index contributed by atoms with van der Waals surface area (Å²) in [5, 5.41) is 0. The fourth-order valence-corrected chi connectivity index (χ4v) is 0.953. The molecular weight excluding hydrogens is 151 g/mol. The fraction of sp³-hybridized carbons (Fsp3) is 0.222. The van der Waals surface area contributed by atoms with Gasteiger partial charge >= 0.3 is 0 Å². The monoisotopic (exact) mass is 160 g/mol. The standard InChI is InChI=1S/C9H9BO2/c1-6(11)7-3-4-9(12-2)8(10)5-7/h3-5H,1-2H3. The lowest BCUT2D eigenvalue weighted by molar-refractivity contribution is 0.101. The highest BCUT2D eigenvalue weighted by Crippen LogP contribution is 2.07. The molecule has 0 bridgehead atoms. The van der Waals surface area contributed by atoms with Gasteiger partial charge in [0.25, 0.3) is 0 Å². The number of rotatable bonds is 2. The summed E-state index contributed by atoms with van der Waals surface area (Å²) < 4.78 is 4.94. The molecule has 2 nitrogen and oxygen atoms in total. The molecule has 0 aliphatic rings. The van der Waals surface area contributed by atoms with Crippen LogP contribution in [0.3, 0.4) is 0 Å². The van der Waals surface area contributed by atoms with Crippen molar-refractivity contribution in [1.82, 2.24) is 0 Å². The van der Waals surface area contributed by atoms with Crippen molar-refractivity contribution in [2.24, 2.45) is 0 Å². The van der Waals surface area contributed by atoms with Gasteiger partial charge in [-0.25, -0.2) is 0 Å². The van der Waals surface area contributed by atoms with Crippen LogP contribution < -0.4 is 10.2 Å². The largest absolute Gasteiger partial charge is 0.497 e. The second kappa shape index (κ2) is 3.43. The number of ketones is 1. The second-order valence-corrected chi connectivity index (χ2v) is 2.51. The van der Waals surface area contributed by atoms with Crippen molar-refractivity contribution in [3.8, 4) is 5.75 Å². The maximum atomic E-state index is 10.9. The molecule has 12 heavy (non-hydrogen) atoms. The van der Waals surface area contributed by atoms with Crippen LogP contribution in [0.4, 0.5) is 0 Å². The number of ether oxygens (including phenoxy) is 1. The highest BCUT2D eigenvalue weighted by molar-refractivity contribution is 6.34. The van der Waals surface area contributed by atoms with Crippen molar-refractivity contribution in [1.29, 1.82) is 0 Å². The van der Waals surface area contributed by atoms with Crippen LogP contribution in [0.25, 0.3) is 0 Å². The molecule has 0 amide bonds. The van der Waals surface area contributed by atoms with Crippen molar-refractivity contribution >= 4 is 19.1 Å². The van der Waals surface area contributed by atoms with E-state index < -0.39 is 0 Å². The van der Waals surface area contributed by atoms with E-state index in [0.717, 1.165) is 0 Å². The minimum absolute atomic E-state index is 0.00403. The number of Topliss-reactive ketones (excluding diaryl/α,β-unsaturated/α-hetero) is 1. The highest BCUT2D eigenvalue weighted by atomic mass is 16.5. The van der Waals surface area contributed by atoms with Gasteiger partial charge in [0.05, 0.1) is 7.11 Å². The van der Waals surface area contributed by atoms with Crippen LogP contribution in [0.5, 0.6) is 5.75 Å². The Labute approximate surface area is 73.0 Å². The van der Waals surface area contributed by atoms with Gasteiger partial charge < -0.3 is 4.74 Å². The Bertz CT molecular complexity index is 307. The number of hydrogen-bond acceptors (Lipinski definition) is 2. The van der Waals surface area contributed by atoms with E-state index in [1.165, 1.54) is 6.92 Å². The normalized spacial score (nSPS) is 9.50. The lowest BCUT2D eigenvalue weighted by Crippen LogP contribution is -2.09.